The van der Waals surface area contributed by atoms with Crippen LogP contribution in [-0.4, -0.2) is 35.0 Å². The molecule has 5 aromatic rings. The number of tetrazole rings is 1. The summed E-state index contributed by atoms with van der Waals surface area (Å²) in [5.74, 6) is 0.265. The molecule has 0 aliphatic carbocycles. The quantitative estimate of drug-likeness (QED) is 0.519. The van der Waals surface area contributed by atoms with E-state index in [-0.39, 0.29) is 5.82 Å². The maximum Gasteiger partial charge on any atom is 0.222 e. The fourth-order valence-corrected chi connectivity index (χ4v) is 3.22. The largest absolute Gasteiger partial charge is 0.380 e. The molecule has 1 aromatic carbocycles. The Morgan fingerprint density at radius 1 is 1.04 bits per heavy atom. The Bertz CT molecular complexity index is 1290. The van der Waals surface area contributed by atoms with Gasteiger partial charge in [-0.05, 0) is 53.2 Å². The number of nitrogens with zero attached hydrogens (tertiary/aromatic N) is 7. The molecule has 0 aliphatic rings. The second kappa shape index (κ2) is 5.80. The highest BCUT2D eigenvalue weighted by Crippen LogP contribution is 2.33. The molecule has 27 heavy (non-hydrogen) atoms. The van der Waals surface area contributed by atoms with Gasteiger partial charge in [-0.15, -0.1) is 5.10 Å². The second-order valence-corrected chi connectivity index (χ2v) is 6.21. The van der Waals surface area contributed by atoms with Crippen LogP contribution in [0.5, 0.6) is 0 Å². The number of fused-ring (bicyclic) bond motifs is 2. The smallest absolute Gasteiger partial charge is 0.222 e. The van der Waals surface area contributed by atoms with Gasteiger partial charge in [-0.3, -0.25) is 9.97 Å². The van der Waals surface area contributed by atoms with Crippen molar-refractivity contribution in [3.63, 3.8) is 0 Å². The number of pyridine rings is 2. The molecule has 8 heteroatoms. The molecule has 0 fully saturated rings. The van der Waals surface area contributed by atoms with Gasteiger partial charge >= 0.3 is 0 Å². The first kappa shape index (κ1) is 15.3. The molecular weight excluding hydrogens is 340 g/mol. The van der Waals surface area contributed by atoms with E-state index in [2.05, 4.69) is 43.5 Å². The molecule has 0 saturated carbocycles. The molecule has 4 heterocycles. The molecule has 0 aliphatic heterocycles. The van der Waals surface area contributed by atoms with E-state index in [9.17, 15) is 0 Å². The van der Waals surface area contributed by atoms with Gasteiger partial charge in [0, 0.05) is 35.1 Å². The molecule has 0 spiro atoms. The van der Waals surface area contributed by atoms with Crippen LogP contribution in [-0.2, 0) is 0 Å². The Morgan fingerprint density at radius 2 is 1.96 bits per heavy atom. The van der Waals surface area contributed by atoms with E-state index in [1.54, 1.807) is 16.9 Å². The monoisotopic (exact) mass is 354 g/mol. The number of nitrogens with two attached hydrogens (primary N) is 1. The van der Waals surface area contributed by atoms with Gasteiger partial charge in [0.25, 0.3) is 0 Å². The molecule has 4 aromatic heterocycles. The molecule has 0 radical (unpaired) electrons. The summed E-state index contributed by atoms with van der Waals surface area (Å²) in [5.41, 5.74) is 11.8. The highest BCUT2D eigenvalue weighted by atomic mass is 15.5. The van der Waals surface area contributed by atoms with Crippen LogP contribution in [0.3, 0.4) is 0 Å². The van der Waals surface area contributed by atoms with Crippen molar-refractivity contribution < 1.29 is 0 Å². The van der Waals surface area contributed by atoms with E-state index >= 15 is 0 Å². The van der Waals surface area contributed by atoms with Gasteiger partial charge in [-0.2, -0.15) is 4.52 Å². The third-order valence-corrected chi connectivity index (χ3v) is 4.53. The van der Waals surface area contributed by atoms with Crippen molar-refractivity contribution >= 4 is 22.4 Å². The summed E-state index contributed by atoms with van der Waals surface area (Å²) in [6.07, 6.45) is 5.27. The number of aryl methyl sites for hydroxylation is 1. The van der Waals surface area contributed by atoms with Crippen LogP contribution in [0.1, 0.15) is 5.56 Å². The van der Waals surface area contributed by atoms with Crippen molar-refractivity contribution in [3.05, 3.63) is 60.6 Å². The maximum absolute atomic E-state index is 6.10. The lowest BCUT2D eigenvalue weighted by Crippen LogP contribution is -2.05. The number of aromatic nitrogens is 7. The SMILES string of the molecule is Cc1ccnc2ccc(-c3c(-c4cccnc4)nc(N)c4nnnn34)cc12. The second-order valence-electron chi connectivity index (χ2n) is 6.21. The molecule has 130 valence electrons. The maximum atomic E-state index is 6.10. The summed E-state index contributed by atoms with van der Waals surface area (Å²) in [6, 6.07) is 11.8. The Kier molecular flexibility index (Phi) is 3.29. The van der Waals surface area contributed by atoms with E-state index in [0.29, 0.717) is 11.3 Å². The van der Waals surface area contributed by atoms with Crippen LogP contribution < -0.4 is 5.73 Å². The van der Waals surface area contributed by atoms with E-state index in [1.807, 2.05) is 36.5 Å². The van der Waals surface area contributed by atoms with Gasteiger partial charge < -0.3 is 5.73 Å². The Hall–Kier alpha value is -3.94. The van der Waals surface area contributed by atoms with Crippen molar-refractivity contribution in [1.82, 2.24) is 35.0 Å². The highest BCUT2D eigenvalue weighted by Gasteiger charge is 2.19. The van der Waals surface area contributed by atoms with Crippen LogP contribution in [0.25, 0.3) is 39.1 Å². The lowest BCUT2D eigenvalue weighted by molar-refractivity contribution is 0.827. The average Bonchev–Trinajstić information content (AvgIpc) is 3.19. The Balaban J connectivity index is 1.88. The van der Waals surface area contributed by atoms with Gasteiger partial charge in [-0.1, -0.05) is 6.07 Å². The summed E-state index contributed by atoms with van der Waals surface area (Å²) >= 11 is 0. The first-order valence-corrected chi connectivity index (χ1v) is 8.36. The Labute approximate surface area is 153 Å². The van der Waals surface area contributed by atoms with Gasteiger partial charge in [0.2, 0.25) is 5.65 Å². The molecule has 5 rings (SSSR count). The third kappa shape index (κ3) is 2.38. The molecule has 8 nitrogen and oxygen atoms in total. The van der Waals surface area contributed by atoms with Gasteiger partial charge in [0.05, 0.1) is 5.52 Å². The van der Waals surface area contributed by atoms with E-state index in [4.69, 9.17) is 5.73 Å². The van der Waals surface area contributed by atoms with E-state index in [1.165, 1.54) is 0 Å². The predicted molar refractivity (Wildman–Crippen MR) is 102 cm³/mol. The molecule has 0 atom stereocenters. The van der Waals surface area contributed by atoms with Crippen LogP contribution in [0, 0.1) is 6.92 Å². The Morgan fingerprint density at radius 3 is 2.81 bits per heavy atom. The number of rotatable bonds is 2. The average molecular weight is 354 g/mol. The molecule has 0 saturated heterocycles. The highest BCUT2D eigenvalue weighted by molar-refractivity contribution is 5.90. The summed E-state index contributed by atoms with van der Waals surface area (Å²) in [4.78, 5) is 13.2. The summed E-state index contributed by atoms with van der Waals surface area (Å²) in [7, 11) is 0. The van der Waals surface area contributed by atoms with Crippen molar-refractivity contribution in [1.29, 1.82) is 0 Å². The first-order valence-electron chi connectivity index (χ1n) is 8.36. The topological polar surface area (TPSA) is 108 Å². The van der Waals surface area contributed by atoms with Crippen molar-refractivity contribution in [2.45, 2.75) is 6.92 Å². The fraction of sp³-hybridized carbons (Fsp3) is 0.0526. The zero-order valence-electron chi connectivity index (χ0n) is 14.4. The molecule has 0 unspecified atom stereocenters. The molecule has 2 N–H and O–H groups in total. The standard InChI is InChI=1S/C19H14N8/c1-11-6-8-22-15-5-4-12(9-14(11)15)17-16(13-3-2-7-21-10-13)23-18(20)19-24-25-26-27(17)19/h2-10H,1H3,(H2,20,23). The van der Waals surface area contributed by atoms with Crippen molar-refractivity contribution in [3.8, 4) is 22.5 Å². The minimum Gasteiger partial charge on any atom is -0.380 e. The summed E-state index contributed by atoms with van der Waals surface area (Å²) in [6.45, 7) is 2.06. The predicted octanol–water partition coefficient (Wildman–Crippen LogP) is 2.69. The number of nitrogen functional groups attached to an aromatic ring is 1. The number of anilines is 1. The number of hydrogen-bond acceptors (Lipinski definition) is 7. The normalized spacial score (nSPS) is 11.3. The van der Waals surface area contributed by atoms with Gasteiger partial charge in [-0.25, -0.2) is 4.98 Å². The van der Waals surface area contributed by atoms with Crippen LogP contribution in [0.2, 0.25) is 0 Å². The van der Waals surface area contributed by atoms with Gasteiger partial charge in [0.1, 0.15) is 11.4 Å². The molecule has 0 bridgehead atoms. The van der Waals surface area contributed by atoms with Crippen LogP contribution in [0.15, 0.2) is 55.0 Å². The molecular formula is C19H14N8. The third-order valence-electron chi connectivity index (χ3n) is 4.53. The minimum atomic E-state index is 0.265. The zero-order chi connectivity index (χ0) is 18.4. The van der Waals surface area contributed by atoms with Crippen LogP contribution in [0.4, 0.5) is 5.82 Å². The van der Waals surface area contributed by atoms with E-state index < -0.39 is 0 Å². The van der Waals surface area contributed by atoms with Crippen molar-refractivity contribution in [2.24, 2.45) is 0 Å². The van der Waals surface area contributed by atoms with Crippen LogP contribution >= 0.6 is 0 Å². The fourth-order valence-electron chi connectivity index (χ4n) is 3.22. The lowest BCUT2D eigenvalue weighted by Gasteiger charge is -2.12. The number of hydrogen-bond donors (Lipinski definition) is 1. The van der Waals surface area contributed by atoms with Crippen molar-refractivity contribution in [2.75, 3.05) is 5.73 Å². The first-order chi connectivity index (χ1) is 13.2. The lowest BCUT2D eigenvalue weighted by atomic mass is 10.0. The van der Waals surface area contributed by atoms with E-state index in [0.717, 1.165) is 33.3 Å². The summed E-state index contributed by atoms with van der Waals surface area (Å²) in [5, 5.41) is 13.0. The molecule has 0 amide bonds. The number of benzene rings is 1. The van der Waals surface area contributed by atoms with Gasteiger partial charge in [0.15, 0.2) is 5.82 Å². The minimum absolute atomic E-state index is 0.265. The summed E-state index contributed by atoms with van der Waals surface area (Å²) < 4.78 is 1.62. The zero-order valence-corrected chi connectivity index (χ0v) is 14.4.